The van der Waals surface area contributed by atoms with Crippen LogP contribution in [0.15, 0.2) is 85.8 Å². The monoisotopic (exact) mass is 603 g/mol. The van der Waals surface area contributed by atoms with Crippen LogP contribution in [0.5, 0.6) is 0 Å². The van der Waals surface area contributed by atoms with Crippen molar-refractivity contribution in [1.29, 1.82) is 0 Å². The number of hydrogen-bond acceptors (Lipinski definition) is 8. The summed E-state index contributed by atoms with van der Waals surface area (Å²) in [6.07, 6.45) is 1.78. The van der Waals surface area contributed by atoms with Crippen molar-refractivity contribution < 1.29 is 17.4 Å². The molecule has 0 aliphatic carbocycles. The first kappa shape index (κ1) is 28.0. The maximum Gasteiger partial charge on any atom is 0.333 e. The molecule has 14 heteroatoms. The quantitative estimate of drug-likeness (QED) is 0.239. The third-order valence-electron chi connectivity index (χ3n) is 7.05. The van der Waals surface area contributed by atoms with E-state index >= 15 is 0 Å². The summed E-state index contributed by atoms with van der Waals surface area (Å²) in [5.41, 5.74) is 1.04. The van der Waals surface area contributed by atoms with E-state index in [2.05, 4.69) is 29.6 Å². The first-order valence-corrected chi connectivity index (χ1v) is 15.0. The summed E-state index contributed by atoms with van der Waals surface area (Å²) in [6, 6.07) is 17.2. The molecule has 0 saturated carbocycles. The van der Waals surface area contributed by atoms with Crippen molar-refractivity contribution in [2.75, 3.05) is 4.72 Å². The van der Waals surface area contributed by atoms with Crippen LogP contribution in [0.25, 0.3) is 22.2 Å². The maximum absolute atomic E-state index is 14.4. The molecule has 0 radical (unpaired) electrons. The predicted molar refractivity (Wildman–Crippen MR) is 157 cm³/mol. The van der Waals surface area contributed by atoms with Crippen LogP contribution in [0.1, 0.15) is 36.7 Å². The molecule has 0 unspecified atom stereocenters. The average molecular weight is 604 g/mol. The topological polar surface area (TPSA) is 158 Å². The lowest BCUT2D eigenvalue weighted by molar-refractivity contribution is 0.315. The van der Waals surface area contributed by atoms with Crippen molar-refractivity contribution in [3.05, 3.63) is 110 Å². The van der Waals surface area contributed by atoms with Crippen LogP contribution in [0, 0.1) is 5.82 Å². The molecule has 6 rings (SSSR count). The Morgan fingerprint density at radius 3 is 2.53 bits per heavy atom. The molecule has 0 aliphatic heterocycles. The van der Waals surface area contributed by atoms with E-state index in [0.29, 0.717) is 30.0 Å². The Bertz CT molecular complexity index is 2180. The summed E-state index contributed by atoms with van der Waals surface area (Å²) in [5.74, 6) is -0.0591. The second kappa shape index (κ2) is 11.3. The number of nitrogens with zero attached hydrogens (tertiary/aromatic N) is 5. The second-order valence-electron chi connectivity index (χ2n) is 10.0. The molecular weight excluding hydrogens is 577 g/mol. The largest absolute Gasteiger partial charge is 0.336 e. The Labute approximate surface area is 243 Å². The summed E-state index contributed by atoms with van der Waals surface area (Å²) in [7, 11) is -3.97. The van der Waals surface area contributed by atoms with Crippen LogP contribution in [0.2, 0.25) is 0 Å². The molecule has 220 valence electrons. The van der Waals surface area contributed by atoms with E-state index < -0.39 is 27.1 Å². The fraction of sp³-hybridized carbons (Fsp3) is 0.207. The molecule has 0 aliphatic rings. The summed E-state index contributed by atoms with van der Waals surface area (Å²) < 4.78 is 50.0. The lowest BCUT2D eigenvalue weighted by Gasteiger charge is -2.11. The molecule has 0 bridgehead atoms. The number of aromatic nitrogens is 6. The normalized spacial score (nSPS) is 11.9. The average Bonchev–Trinajstić information content (AvgIpc) is 3.64. The molecular formula is C29H26FN7O5S. The molecule has 0 spiro atoms. The lowest BCUT2D eigenvalue weighted by Crippen LogP contribution is -2.40. The van der Waals surface area contributed by atoms with E-state index in [9.17, 15) is 22.4 Å². The highest BCUT2D eigenvalue weighted by atomic mass is 32.2. The lowest BCUT2D eigenvalue weighted by atomic mass is 10.1. The molecule has 12 nitrogen and oxygen atoms in total. The highest BCUT2D eigenvalue weighted by Gasteiger charge is 2.21. The van der Waals surface area contributed by atoms with E-state index in [0.717, 1.165) is 16.6 Å². The van der Waals surface area contributed by atoms with E-state index in [1.807, 2.05) is 6.92 Å². The zero-order valence-corrected chi connectivity index (χ0v) is 23.8. The van der Waals surface area contributed by atoms with Gasteiger partial charge < -0.3 is 4.98 Å². The smallest absolute Gasteiger partial charge is 0.333 e. The van der Waals surface area contributed by atoms with Gasteiger partial charge in [0.2, 0.25) is 0 Å². The fourth-order valence-corrected chi connectivity index (χ4v) is 6.06. The van der Waals surface area contributed by atoms with Gasteiger partial charge in [-0.3, -0.25) is 18.7 Å². The summed E-state index contributed by atoms with van der Waals surface area (Å²) >= 11 is 0. The first-order chi connectivity index (χ1) is 20.7. The van der Waals surface area contributed by atoms with Crippen LogP contribution in [-0.4, -0.2) is 37.8 Å². The standard InChI is InChI=1S/C29H26FN7O5S/c1-2-3-15-36-27-26(28(38)37(29(36)39)17-19-7-4-5-8-21(19)30)31-24(32-27)16-18-11-13-20(14-12-18)35-43(40,41)23-10-6-9-22-25(23)34-42-33-22/h4-14,35H,2-3,15-17H2,1H3,(H,31,32). The summed E-state index contributed by atoms with van der Waals surface area (Å²) in [5, 5.41) is 7.37. The number of hydrogen-bond donors (Lipinski definition) is 2. The minimum absolute atomic E-state index is 0.0626. The Morgan fingerprint density at radius 1 is 0.977 bits per heavy atom. The van der Waals surface area contributed by atoms with Gasteiger partial charge in [-0.1, -0.05) is 49.7 Å². The van der Waals surface area contributed by atoms with Crippen LogP contribution < -0.4 is 16.0 Å². The van der Waals surface area contributed by atoms with Gasteiger partial charge in [0, 0.05) is 24.2 Å². The highest BCUT2D eigenvalue weighted by molar-refractivity contribution is 7.93. The van der Waals surface area contributed by atoms with Gasteiger partial charge in [0.05, 0.1) is 6.54 Å². The first-order valence-electron chi connectivity index (χ1n) is 13.5. The molecule has 3 heterocycles. The van der Waals surface area contributed by atoms with Crippen molar-refractivity contribution in [2.24, 2.45) is 0 Å². The van der Waals surface area contributed by atoms with Gasteiger partial charge in [-0.25, -0.2) is 27.2 Å². The number of fused-ring (bicyclic) bond motifs is 2. The number of aromatic amines is 1. The van der Waals surface area contributed by atoms with Gasteiger partial charge >= 0.3 is 5.69 Å². The number of imidazole rings is 1. The molecule has 0 saturated heterocycles. The minimum atomic E-state index is -3.97. The van der Waals surface area contributed by atoms with Crippen molar-refractivity contribution in [1.82, 2.24) is 29.4 Å². The number of halogens is 1. The van der Waals surface area contributed by atoms with Crippen molar-refractivity contribution in [3.8, 4) is 0 Å². The van der Waals surface area contributed by atoms with Crippen LogP contribution in [0.4, 0.5) is 10.1 Å². The summed E-state index contributed by atoms with van der Waals surface area (Å²) in [4.78, 5) is 34.3. The Kier molecular flexibility index (Phi) is 7.36. The second-order valence-corrected chi connectivity index (χ2v) is 11.7. The maximum atomic E-state index is 14.4. The number of sulfonamides is 1. The van der Waals surface area contributed by atoms with Gasteiger partial charge in [0.25, 0.3) is 15.6 Å². The molecule has 0 fully saturated rings. The van der Waals surface area contributed by atoms with Gasteiger partial charge in [-0.05, 0) is 52.6 Å². The van der Waals surface area contributed by atoms with E-state index in [1.165, 1.54) is 22.8 Å². The van der Waals surface area contributed by atoms with Gasteiger partial charge in [-0.2, -0.15) is 0 Å². The van der Waals surface area contributed by atoms with Crippen molar-refractivity contribution in [3.63, 3.8) is 0 Å². The highest BCUT2D eigenvalue weighted by Crippen LogP contribution is 2.23. The molecule has 0 amide bonds. The third kappa shape index (κ3) is 5.44. The molecule has 2 N–H and O–H groups in total. The fourth-order valence-electron chi connectivity index (χ4n) is 4.84. The molecule has 6 aromatic rings. The summed E-state index contributed by atoms with van der Waals surface area (Å²) in [6.45, 7) is 2.13. The number of aryl methyl sites for hydroxylation is 1. The van der Waals surface area contributed by atoms with Crippen molar-refractivity contribution in [2.45, 2.75) is 44.2 Å². The van der Waals surface area contributed by atoms with Crippen molar-refractivity contribution >= 4 is 37.9 Å². The van der Waals surface area contributed by atoms with Gasteiger partial charge in [-0.15, -0.1) is 0 Å². The zero-order chi connectivity index (χ0) is 30.1. The van der Waals surface area contributed by atoms with E-state index in [4.69, 9.17) is 0 Å². The number of benzene rings is 3. The van der Waals surface area contributed by atoms with E-state index in [-0.39, 0.29) is 40.1 Å². The Hall–Kier alpha value is -5.11. The zero-order valence-electron chi connectivity index (χ0n) is 22.9. The van der Waals surface area contributed by atoms with E-state index in [1.54, 1.807) is 48.5 Å². The number of H-pyrrole nitrogens is 1. The number of unbranched alkanes of at least 4 members (excludes halogenated alkanes) is 1. The number of nitrogens with one attached hydrogen (secondary N) is 2. The van der Waals surface area contributed by atoms with Crippen LogP contribution >= 0.6 is 0 Å². The minimum Gasteiger partial charge on any atom is -0.336 e. The Morgan fingerprint density at radius 2 is 1.77 bits per heavy atom. The van der Waals surface area contributed by atoms with Crippen LogP contribution in [-0.2, 0) is 29.5 Å². The Balaban J connectivity index is 1.28. The molecule has 43 heavy (non-hydrogen) atoms. The van der Waals surface area contributed by atoms with Gasteiger partial charge in [0.15, 0.2) is 11.2 Å². The van der Waals surface area contributed by atoms with Gasteiger partial charge in [0.1, 0.15) is 27.6 Å². The SMILES string of the molecule is CCCCn1c(=O)n(Cc2ccccc2F)c(=O)c2[nH]c(Cc3ccc(NS(=O)(=O)c4cccc5nonc45)cc3)nc21. The third-order valence-corrected chi connectivity index (χ3v) is 8.46. The predicted octanol–water partition coefficient (Wildman–Crippen LogP) is 3.80. The molecule has 3 aromatic heterocycles. The molecule has 0 atom stereocenters. The molecule has 3 aromatic carbocycles. The number of rotatable bonds is 10. The number of anilines is 1. The van der Waals surface area contributed by atoms with Crippen LogP contribution in [0.3, 0.4) is 0 Å².